The van der Waals surface area contributed by atoms with Crippen molar-refractivity contribution in [2.24, 2.45) is 13.0 Å². The van der Waals surface area contributed by atoms with E-state index in [0.717, 1.165) is 30.6 Å². The van der Waals surface area contributed by atoms with Crippen molar-refractivity contribution in [2.75, 3.05) is 38.0 Å². The molecule has 10 heteroatoms. The van der Waals surface area contributed by atoms with Crippen LogP contribution in [0, 0.1) is 5.92 Å². The van der Waals surface area contributed by atoms with E-state index in [0.29, 0.717) is 62.0 Å². The third kappa shape index (κ3) is 5.63. The van der Waals surface area contributed by atoms with Gasteiger partial charge in [-0.15, -0.1) is 0 Å². The molecule has 3 aliphatic rings. The second-order valence-corrected chi connectivity index (χ2v) is 13.0. The maximum atomic E-state index is 14.1. The quantitative estimate of drug-likeness (QED) is 0.359. The van der Waals surface area contributed by atoms with Crippen LogP contribution in [0.25, 0.3) is 11.0 Å². The highest BCUT2D eigenvalue weighted by Gasteiger charge is 2.41. The first kappa shape index (κ1) is 29.3. The Morgan fingerprint density at radius 3 is 2.64 bits per heavy atom. The summed E-state index contributed by atoms with van der Waals surface area (Å²) in [5.74, 6) is -0.325. The van der Waals surface area contributed by atoms with Gasteiger partial charge < -0.3 is 24.8 Å². The molecule has 5 heterocycles. The number of nitrogens with zero attached hydrogens (tertiary/aromatic N) is 5. The normalized spacial score (nSPS) is 21.3. The summed E-state index contributed by atoms with van der Waals surface area (Å²) in [5.41, 5.74) is 3.36. The van der Waals surface area contributed by atoms with Crippen molar-refractivity contribution in [1.29, 1.82) is 0 Å². The molecule has 2 fully saturated rings. The predicted molar refractivity (Wildman–Crippen MR) is 172 cm³/mol. The van der Waals surface area contributed by atoms with E-state index in [1.165, 1.54) is 16.5 Å². The van der Waals surface area contributed by atoms with Crippen molar-refractivity contribution < 1.29 is 14.7 Å². The van der Waals surface area contributed by atoms with E-state index in [2.05, 4.69) is 16.4 Å². The monoisotopic (exact) mass is 608 g/mol. The number of nitrogens with one attached hydrogen (secondary N) is 1. The molecule has 2 N–H and O–H groups in total. The fourth-order valence-corrected chi connectivity index (χ4v) is 7.39. The van der Waals surface area contributed by atoms with Gasteiger partial charge in [0.05, 0.1) is 17.5 Å². The van der Waals surface area contributed by atoms with Crippen LogP contribution >= 0.6 is 0 Å². The zero-order valence-electron chi connectivity index (χ0n) is 25.7. The number of piperidine rings is 2. The van der Waals surface area contributed by atoms with Gasteiger partial charge in [-0.2, -0.15) is 0 Å². The second-order valence-electron chi connectivity index (χ2n) is 13.0. The fraction of sp³-hybridized carbons (Fsp3) is 0.429. The molecule has 0 radical (unpaired) electrons. The molecule has 2 aromatic heterocycles. The van der Waals surface area contributed by atoms with Gasteiger partial charge >= 0.3 is 0 Å². The summed E-state index contributed by atoms with van der Waals surface area (Å²) in [5, 5.41) is 15.4. The number of hydrogen-bond acceptors (Lipinski definition) is 6. The highest BCUT2D eigenvalue weighted by Crippen LogP contribution is 2.36. The van der Waals surface area contributed by atoms with Crippen LogP contribution in [0.5, 0.6) is 0 Å². The van der Waals surface area contributed by atoms with E-state index in [4.69, 9.17) is 0 Å². The van der Waals surface area contributed by atoms with Gasteiger partial charge in [-0.1, -0.05) is 36.4 Å². The average Bonchev–Trinajstić information content (AvgIpc) is 3.46. The number of amides is 2. The van der Waals surface area contributed by atoms with Crippen LogP contribution in [0.3, 0.4) is 0 Å². The Labute approximate surface area is 262 Å². The van der Waals surface area contributed by atoms with Gasteiger partial charge in [0.25, 0.3) is 11.5 Å². The van der Waals surface area contributed by atoms with Crippen molar-refractivity contribution in [3.8, 4) is 0 Å². The van der Waals surface area contributed by atoms with E-state index in [1.807, 2.05) is 59.3 Å². The summed E-state index contributed by atoms with van der Waals surface area (Å²) in [6.45, 7) is 2.86. The molecule has 10 nitrogen and oxygen atoms in total. The molecule has 2 atom stereocenters. The number of aryl methyl sites for hydroxylation is 2. The number of hydrogen-bond donors (Lipinski definition) is 2. The lowest BCUT2D eigenvalue weighted by atomic mass is 9.79. The van der Waals surface area contributed by atoms with Crippen LogP contribution in [0.2, 0.25) is 0 Å². The largest absolute Gasteiger partial charge is 0.388 e. The van der Waals surface area contributed by atoms with Gasteiger partial charge in [0.15, 0.2) is 0 Å². The maximum absolute atomic E-state index is 14.1. The molecule has 0 bridgehead atoms. The minimum atomic E-state index is -1.11. The van der Waals surface area contributed by atoms with E-state index in [9.17, 15) is 19.5 Å². The standard InChI is InChI=1S/C35H40N6O4/c1-38-16-11-28-31(38)37-23-41(34(28)44)22-35(45)13-18-39(19-14-35)33(43)27-12-17-40(21-29(27)24-6-3-2-4-7-24)32(42)26-10-9-25-8-5-15-36-30(25)20-26/h2-4,6-7,9-11,16,20,23,27,29,36,45H,5,8,12-15,17-19,21-22H2,1H3/t27-,29+/m1/s1. The molecule has 2 amide bonds. The number of fused-ring (bicyclic) bond motifs is 2. The first-order valence-electron chi connectivity index (χ1n) is 16.0. The van der Waals surface area contributed by atoms with Crippen LogP contribution < -0.4 is 10.9 Å². The predicted octanol–water partition coefficient (Wildman–Crippen LogP) is 3.39. The minimum Gasteiger partial charge on any atom is -0.388 e. The van der Waals surface area contributed by atoms with Gasteiger partial charge in [-0.25, -0.2) is 4.98 Å². The number of carbonyl (C=O) groups excluding carboxylic acids is 2. The van der Waals surface area contributed by atoms with Crippen molar-refractivity contribution in [3.05, 3.63) is 94.2 Å². The third-order valence-corrected chi connectivity index (χ3v) is 10.1. The van der Waals surface area contributed by atoms with Crippen molar-refractivity contribution in [3.63, 3.8) is 0 Å². The molecule has 0 unspecified atom stereocenters. The van der Waals surface area contributed by atoms with Gasteiger partial charge in [0.1, 0.15) is 12.0 Å². The molecule has 7 rings (SSSR count). The average molecular weight is 609 g/mol. The van der Waals surface area contributed by atoms with Crippen molar-refractivity contribution in [2.45, 2.75) is 50.2 Å². The fourth-order valence-electron chi connectivity index (χ4n) is 7.39. The molecule has 0 spiro atoms. The molecule has 2 saturated heterocycles. The lowest BCUT2D eigenvalue weighted by molar-refractivity contribution is -0.142. The summed E-state index contributed by atoms with van der Waals surface area (Å²) in [6, 6.07) is 17.7. The van der Waals surface area contributed by atoms with E-state index < -0.39 is 5.60 Å². The van der Waals surface area contributed by atoms with Gasteiger partial charge in [-0.3, -0.25) is 19.0 Å². The summed E-state index contributed by atoms with van der Waals surface area (Å²) in [7, 11) is 1.84. The molecule has 0 saturated carbocycles. The van der Waals surface area contributed by atoms with Crippen molar-refractivity contribution >= 4 is 28.5 Å². The number of benzene rings is 2. The van der Waals surface area contributed by atoms with Crippen LogP contribution in [-0.2, 0) is 24.8 Å². The summed E-state index contributed by atoms with van der Waals surface area (Å²) >= 11 is 0. The van der Waals surface area contributed by atoms with Gasteiger partial charge in [-0.05, 0) is 61.4 Å². The first-order chi connectivity index (χ1) is 21.8. The van der Waals surface area contributed by atoms with Crippen molar-refractivity contribution in [1.82, 2.24) is 23.9 Å². The SMILES string of the molecule is Cn1ccc2c(=O)n(CC3(O)CCN(C(=O)[C@@H]4CCN(C(=O)c5ccc6c(c5)NCCC6)C[C@H]4c4ccccc4)CC3)cnc21. The van der Waals surface area contributed by atoms with E-state index in [-0.39, 0.29) is 35.8 Å². The number of rotatable bonds is 5. The van der Waals surface area contributed by atoms with Crippen LogP contribution in [-0.4, -0.2) is 79.2 Å². The maximum Gasteiger partial charge on any atom is 0.262 e. The lowest BCUT2D eigenvalue weighted by Crippen LogP contribution is -2.53. The third-order valence-electron chi connectivity index (χ3n) is 10.1. The number of carbonyl (C=O) groups is 2. The van der Waals surface area contributed by atoms with Crippen LogP contribution in [0.4, 0.5) is 5.69 Å². The molecule has 2 aromatic carbocycles. The molecule has 0 aliphatic carbocycles. The Hall–Kier alpha value is -4.44. The Kier molecular flexibility index (Phi) is 7.69. The highest BCUT2D eigenvalue weighted by atomic mass is 16.3. The van der Waals surface area contributed by atoms with Gasteiger partial charge in [0, 0.05) is 69.1 Å². The zero-order valence-corrected chi connectivity index (χ0v) is 25.7. The summed E-state index contributed by atoms with van der Waals surface area (Å²) in [4.78, 5) is 49.0. The highest BCUT2D eigenvalue weighted by molar-refractivity contribution is 5.96. The van der Waals surface area contributed by atoms with Gasteiger partial charge in [0.2, 0.25) is 5.91 Å². The number of aliphatic hydroxyl groups is 1. The molecule has 4 aromatic rings. The second kappa shape index (κ2) is 11.8. The van der Waals surface area contributed by atoms with E-state index >= 15 is 0 Å². The molecule has 234 valence electrons. The topological polar surface area (TPSA) is 113 Å². The molecule has 45 heavy (non-hydrogen) atoms. The smallest absolute Gasteiger partial charge is 0.262 e. The Balaban J connectivity index is 1.04. The Bertz CT molecular complexity index is 1790. The Morgan fingerprint density at radius 1 is 1.04 bits per heavy atom. The molecular weight excluding hydrogens is 568 g/mol. The Morgan fingerprint density at radius 2 is 1.84 bits per heavy atom. The minimum absolute atomic E-state index is 0.00142. The first-order valence-corrected chi connectivity index (χ1v) is 16.0. The number of anilines is 1. The number of aromatic nitrogens is 3. The van der Waals surface area contributed by atoms with Crippen LogP contribution in [0.15, 0.2) is 71.9 Å². The molecule has 3 aliphatic heterocycles. The lowest BCUT2D eigenvalue weighted by Gasteiger charge is -2.43. The van der Waals surface area contributed by atoms with Crippen LogP contribution in [0.1, 0.15) is 53.1 Å². The van der Waals surface area contributed by atoms with E-state index in [1.54, 1.807) is 16.8 Å². The summed E-state index contributed by atoms with van der Waals surface area (Å²) < 4.78 is 3.28. The summed E-state index contributed by atoms with van der Waals surface area (Å²) in [6.07, 6.45) is 6.74. The zero-order chi connectivity index (χ0) is 31.1. The number of likely N-dealkylation sites (tertiary alicyclic amines) is 2. The molecular formula is C35H40N6O4.